The Labute approximate surface area is 68.0 Å². The molecule has 0 aromatic rings. The fourth-order valence-electron chi connectivity index (χ4n) is 1.59. The van der Waals surface area contributed by atoms with Crippen LogP contribution in [0.1, 0.15) is 12.8 Å². The largest absolute Gasteiger partial charge is 0.347 e. The van der Waals surface area contributed by atoms with Crippen molar-refractivity contribution < 1.29 is 4.79 Å². The minimum atomic E-state index is 0.588. The fraction of sp³-hybridized carbons (Fsp3) is 0.875. The van der Waals surface area contributed by atoms with Crippen molar-refractivity contribution >= 4 is 6.41 Å². The Morgan fingerprint density at radius 1 is 1.73 bits per heavy atom. The van der Waals surface area contributed by atoms with Crippen LogP contribution in [0.25, 0.3) is 0 Å². The molecule has 1 heterocycles. The predicted molar refractivity (Wildman–Crippen MR) is 44.3 cm³/mol. The van der Waals surface area contributed by atoms with Gasteiger partial charge < -0.3 is 9.80 Å². The third kappa shape index (κ3) is 2.19. The van der Waals surface area contributed by atoms with E-state index in [1.54, 1.807) is 4.90 Å². The molecule has 0 spiro atoms. The molecule has 1 aliphatic heterocycles. The Kier molecular flexibility index (Phi) is 2.88. The summed E-state index contributed by atoms with van der Waals surface area (Å²) in [6.45, 7) is 2.05. The average Bonchev–Trinajstić information content (AvgIpc) is 2.37. The average molecular weight is 156 g/mol. The van der Waals surface area contributed by atoms with Crippen LogP contribution >= 0.6 is 0 Å². The monoisotopic (exact) mass is 156 g/mol. The summed E-state index contributed by atoms with van der Waals surface area (Å²) in [5, 5.41) is 0. The van der Waals surface area contributed by atoms with Crippen molar-refractivity contribution in [3.8, 4) is 0 Å². The highest BCUT2D eigenvalue weighted by Gasteiger charge is 2.21. The topological polar surface area (TPSA) is 23.6 Å². The van der Waals surface area contributed by atoms with Gasteiger partial charge in [0.05, 0.1) is 0 Å². The zero-order chi connectivity index (χ0) is 8.27. The van der Waals surface area contributed by atoms with Crippen LogP contribution in [0, 0.1) is 0 Å². The number of hydrogen-bond donors (Lipinski definition) is 0. The Bertz CT molecular complexity index is 138. The van der Waals surface area contributed by atoms with Crippen molar-refractivity contribution in [1.82, 2.24) is 9.80 Å². The van der Waals surface area contributed by atoms with Crippen molar-refractivity contribution in [1.29, 1.82) is 0 Å². The third-order valence-electron chi connectivity index (χ3n) is 2.35. The van der Waals surface area contributed by atoms with Crippen LogP contribution in [0.4, 0.5) is 0 Å². The summed E-state index contributed by atoms with van der Waals surface area (Å²) in [4.78, 5) is 14.3. The highest BCUT2D eigenvalue weighted by molar-refractivity contribution is 5.46. The molecular weight excluding hydrogens is 140 g/mol. The van der Waals surface area contributed by atoms with Crippen molar-refractivity contribution in [2.45, 2.75) is 18.9 Å². The number of hydrogen-bond acceptors (Lipinski definition) is 2. The van der Waals surface area contributed by atoms with Crippen LogP contribution < -0.4 is 0 Å². The molecule has 1 rings (SSSR count). The number of carbonyl (C=O) groups excluding carboxylic acids is 1. The van der Waals surface area contributed by atoms with E-state index in [2.05, 4.69) is 11.9 Å². The van der Waals surface area contributed by atoms with Gasteiger partial charge in [0.1, 0.15) is 0 Å². The van der Waals surface area contributed by atoms with E-state index >= 15 is 0 Å². The lowest BCUT2D eigenvalue weighted by Gasteiger charge is -2.22. The van der Waals surface area contributed by atoms with Gasteiger partial charge in [0.2, 0.25) is 6.41 Å². The summed E-state index contributed by atoms with van der Waals surface area (Å²) in [6, 6.07) is 0.588. The van der Waals surface area contributed by atoms with Gasteiger partial charge in [-0.3, -0.25) is 4.79 Å². The third-order valence-corrected chi connectivity index (χ3v) is 2.35. The Balaban J connectivity index is 2.30. The molecule has 0 radical (unpaired) electrons. The van der Waals surface area contributed by atoms with E-state index in [0.29, 0.717) is 6.04 Å². The van der Waals surface area contributed by atoms with Gasteiger partial charge in [-0.15, -0.1) is 0 Å². The van der Waals surface area contributed by atoms with Crippen LogP contribution in [0.5, 0.6) is 0 Å². The maximum Gasteiger partial charge on any atom is 0.209 e. The van der Waals surface area contributed by atoms with Crippen LogP contribution in [0.3, 0.4) is 0 Å². The molecule has 3 nitrogen and oxygen atoms in total. The number of carbonyl (C=O) groups is 1. The molecule has 1 unspecified atom stereocenters. The second-order valence-corrected chi connectivity index (χ2v) is 3.32. The van der Waals surface area contributed by atoms with Crippen LogP contribution in [-0.4, -0.2) is 49.4 Å². The van der Waals surface area contributed by atoms with Gasteiger partial charge in [-0.05, 0) is 26.4 Å². The molecule has 1 saturated heterocycles. The lowest BCUT2D eigenvalue weighted by molar-refractivity contribution is -0.117. The number of rotatable bonds is 3. The highest BCUT2D eigenvalue weighted by atomic mass is 16.1. The number of nitrogens with zero attached hydrogens (tertiary/aromatic N) is 2. The maximum absolute atomic E-state index is 10.3. The number of likely N-dealkylation sites (tertiary alicyclic amines) is 1. The Hall–Kier alpha value is -0.570. The van der Waals surface area contributed by atoms with Gasteiger partial charge in [-0.2, -0.15) is 0 Å². The van der Waals surface area contributed by atoms with E-state index < -0.39 is 0 Å². The quantitative estimate of drug-likeness (QED) is 0.544. The molecule has 1 atom stereocenters. The van der Waals surface area contributed by atoms with E-state index in [1.807, 2.05) is 7.05 Å². The van der Waals surface area contributed by atoms with Gasteiger partial charge in [-0.1, -0.05) is 0 Å². The van der Waals surface area contributed by atoms with E-state index in [9.17, 15) is 4.79 Å². The molecule has 3 heteroatoms. The van der Waals surface area contributed by atoms with Crippen LogP contribution in [-0.2, 0) is 4.79 Å². The lowest BCUT2D eigenvalue weighted by atomic mass is 10.2. The minimum Gasteiger partial charge on any atom is -0.347 e. The van der Waals surface area contributed by atoms with Gasteiger partial charge in [0.25, 0.3) is 0 Å². The Morgan fingerprint density at radius 3 is 2.91 bits per heavy atom. The first kappa shape index (κ1) is 8.53. The molecule has 11 heavy (non-hydrogen) atoms. The van der Waals surface area contributed by atoms with Crippen molar-refractivity contribution in [2.75, 3.05) is 27.2 Å². The molecule has 0 saturated carbocycles. The number of amides is 1. The summed E-state index contributed by atoms with van der Waals surface area (Å²) in [6.07, 6.45) is 3.40. The lowest BCUT2D eigenvalue weighted by Crippen LogP contribution is -2.35. The first-order valence-corrected chi connectivity index (χ1v) is 4.10. The molecule has 0 aliphatic carbocycles. The van der Waals surface area contributed by atoms with Gasteiger partial charge in [0.15, 0.2) is 0 Å². The first-order chi connectivity index (χ1) is 5.24. The smallest absolute Gasteiger partial charge is 0.209 e. The normalized spacial score (nSPS) is 25.5. The van der Waals surface area contributed by atoms with Crippen LogP contribution in [0.15, 0.2) is 0 Å². The maximum atomic E-state index is 10.3. The molecule has 1 amide bonds. The SMILES string of the molecule is CN(C=O)CC1CCCN1C. The second kappa shape index (κ2) is 3.72. The molecule has 0 bridgehead atoms. The number of likely N-dealkylation sites (N-methyl/N-ethyl adjacent to an activating group) is 2. The van der Waals surface area contributed by atoms with Crippen molar-refractivity contribution in [3.63, 3.8) is 0 Å². The fourth-order valence-corrected chi connectivity index (χ4v) is 1.59. The molecule has 0 aromatic heterocycles. The molecule has 1 fully saturated rings. The zero-order valence-electron chi connectivity index (χ0n) is 7.29. The highest BCUT2D eigenvalue weighted by Crippen LogP contribution is 2.14. The molecule has 64 valence electrons. The van der Waals surface area contributed by atoms with Gasteiger partial charge in [0, 0.05) is 19.6 Å². The Morgan fingerprint density at radius 2 is 2.45 bits per heavy atom. The molecule has 0 N–H and O–H groups in total. The van der Waals surface area contributed by atoms with E-state index in [-0.39, 0.29) is 0 Å². The molecular formula is C8H16N2O. The van der Waals surface area contributed by atoms with Crippen LogP contribution in [0.2, 0.25) is 0 Å². The molecule has 0 aromatic carbocycles. The second-order valence-electron chi connectivity index (χ2n) is 3.32. The summed E-state index contributed by atoms with van der Waals surface area (Å²) in [7, 11) is 3.95. The predicted octanol–water partition coefficient (Wildman–Crippen LogP) is 0.169. The van der Waals surface area contributed by atoms with Gasteiger partial charge >= 0.3 is 0 Å². The van der Waals surface area contributed by atoms with E-state index in [1.165, 1.54) is 19.4 Å². The van der Waals surface area contributed by atoms with E-state index in [0.717, 1.165) is 13.0 Å². The van der Waals surface area contributed by atoms with E-state index in [4.69, 9.17) is 0 Å². The van der Waals surface area contributed by atoms with Crippen molar-refractivity contribution in [3.05, 3.63) is 0 Å². The van der Waals surface area contributed by atoms with Crippen molar-refractivity contribution in [2.24, 2.45) is 0 Å². The van der Waals surface area contributed by atoms with Gasteiger partial charge in [-0.25, -0.2) is 0 Å². The summed E-state index contributed by atoms with van der Waals surface area (Å²) < 4.78 is 0. The standard InChI is InChI=1S/C8H16N2O/c1-9(7-11)6-8-4-3-5-10(8)2/h7-8H,3-6H2,1-2H3. The zero-order valence-corrected chi connectivity index (χ0v) is 7.29. The first-order valence-electron chi connectivity index (χ1n) is 4.10. The minimum absolute atomic E-state index is 0.588. The molecule has 1 aliphatic rings. The summed E-state index contributed by atoms with van der Waals surface area (Å²) in [5.74, 6) is 0. The summed E-state index contributed by atoms with van der Waals surface area (Å²) >= 11 is 0. The summed E-state index contributed by atoms with van der Waals surface area (Å²) in [5.41, 5.74) is 0.